The molecule has 3 nitrogen and oxygen atoms in total. The third-order valence-electron chi connectivity index (χ3n) is 6.34. The first-order valence-corrected chi connectivity index (χ1v) is 14.6. The number of hydrogen-bond donors (Lipinski definition) is 3. The van der Waals surface area contributed by atoms with Crippen LogP contribution in [0.1, 0.15) is 141 Å². The van der Waals surface area contributed by atoms with Crippen molar-refractivity contribution in [3.05, 3.63) is 0 Å². The highest BCUT2D eigenvalue weighted by Gasteiger charge is 1.99. The molecule has 0 spiro atoms. The molecule has 0 fully saturated rings. The van der Waals surface area contributed by atoms with Crippen LogP contribution in [-0.2, 0) is 0 Å². The molecule has 2 atom stereocenters. The van der Waals surface area contributed by atoms with E-state index in [-0.39, 0.29) is 6.61 Å². The van der Waals surface area contributed by atoms with Gasteiger partial charge in [0.05, 0.1) is 0 Å². The van der Waals surface area contributed by atoms with E-state index in [1.807, 2.05) is 0 Å². The van der Waals surface area contributed by atoms with Crippen molar-refractivity contribution in [2.45, 2.75) is 153 Å². The van der Waals surface area contributed by atoms with E-state index in [1.54, 1.807) is 0 Å². The van der Waals surface area contributed by atoms with Gasteiger partial charge in [0.2, 0.25) is 0 Å². The van der Waals surface area contributed by atoms with Crippen LogP contribution in [0.25, 0.3) is 0 Å². The summed E-state index contributed by atoms with van der Waals surface area (Å²) in [6.07, 6.45) is 30.0. The zero-order chi connectivity index (χ0) is 26.4. The van der Waals surface area contributed by atoms with Crippen molar-refractivity contribution < 1.29 is 15.3 Å². The minimum Gasteiger partial charge on any atom is -0.384 e. The Labute approximate surface area is 223 Å². The highest BCUT2D eigenvalue weighted by atomic mass is 16.3. The molecule has 0 amide bonds. The third kappa shape index (κ3) is 28.4. The smallest absolute Gasteiger partial charge is 0.115 e. The van der Waals surface area contributed by atoms with Crippen molar-refractivity contribution in [3.8, 4) is 47.9 Å². The average Bonchev–Trinajstić information content (AvgIpc) is 2.88. The van der Waals surface area contributed by atoms with Crippen molar-refractivity contribution >= 4 is 0 Å². The van der Waals surface area contributed by atoms with E-state index in [0.717, 1.165) is 38.5 Å². The standard InChI is InChI=1S/C33H52O3/c1-2-32(35)28-24-21-19-17-15-13-11-9-7-5-3-4-6-8-10-12-14-16-18-20-22-25-29-33(36)30-26-23-27-31-34/h1,32-36H,3,5,7-22,24-25,28-29,31H2. The summed E-state index contributed by atoms with van der Waals surface area (Å²) >= 11 is 0. The normalized spacial score (nSPS) is 11.7. The van der Waals surface area contributed by atoms with Crippen molar-refractivity contribution in [3.63, 3.8) is 0 Å². The minimum atomic E-state index is -0.599. The predicted molar refractivity (Wildman–Crippen MR) is 153 cm³/mol. The lowest BCUT2D eigenvalue weighted by Gasteiger charge is -2.04. The zero-order valence-electron chi connectivity index (χ0n) is 22.8. The monoisotopic (exact) mass is 496 g/mol. The van der Waals surface area contributed by atoms with Gasteiger partial charge in [-0.3, -0.25) is 0 Å². The van der Waals surface area contributed by atoms with E-state index in [1.165, 1.54) is 96.3 Å². The molecule has 0 saturated heterocycles. The lowest BCUT2D eigenvalue weighted by atomic mass is 10.0. The molecule has 0 saturated carbocycles. The molecular weight excluding hydrogens is 444 g/mol. The Morgan fingerprint density at radius 1 is 0.472 bits per heavy atom. The van der Waals surface area contributed by atoms with Gasteiger partial charge in [0.15, 0.2) is 0 Å². The van der Waals surface area contributed by atoms with Gasteiger partial charge in [-0.1, -0.05) is 108 Å². The number of hydrogen-bond acceptors (Lipinski definition) is 3. The van der Waals surface area contributed by atoms with Gasteiger partial charge in [-0.05, 0) is 50.4 Å². The van der Waals surface area contributed by atoms with Gasteiger partial charge in [0.25, 0.3) is 0 Å². The van der Waals surface area contributed by atoms with E-state index in [2.05, 4.69) is 41.4 Å². The van der Waals surface area contributed by atoms with Crippen LogP contribution in [0.4, 0.5) is 0 Å². The van der Waals surface area contributed by atoms with Crippen molar-refractivity contribution in [2.75, 3.05) is 6.61 Å². The largest absolute Gasteiger partial charge is 0.384 e. The Bertz CT molecular complexity index is 701. The third-order valence-corrected chi connectivity index (χ3v) is 6.34. The molecule has 3 N–H and O–H groups in total. The van der Waals surface area contributed by atoms with Gasteiger partial charge in [-0.15, -0.1) is 18.3 Å². The van der Waals surface area contributed by atoms with Gasteiger partial charge >= 0.3 is 0 Å². The van der Waals surface area contributed by atoms with Crippen molar-refractivity contribution in [2.24, 2.45) is 0 Å². The quantitative estimate of drug-likeness (QED) is 0.113. The maximum absolute atomic E-state index is 9.71. The summed E-state index contributed by atoms with van der Waals surface area (Å²) < 4.78 is 0. The second-order valence-electron chi connectivity index (χ2n) is 9.72. The van der Waals surface area contributed by atoms with Crippen LogP contribution >= 0.6 is 0 Å². The lowest BCUT2D eigenvalue weighted by molar-refractivity contribution is 0.217. The van der Waals surface area contributed by atoms with Gasteiger partial charge in [-0.2, -0.15) is 0 Å². The molecule has 3 heteroatoms. The summed E-state index contributed by atoms with van der Waals surface area (Å²) in [5.74, 6) is 19.3. The molecule has 0 heterocycles. The van der Waals surface area contributed by atoms with Crippen LogP contribution in [0.2, 0.25) is 0 Å². The zero-order valence-corrected chi connectivity index (χ0v) is 22.8. The highest BCUT2D eigenvalue weighted by molar-refractivity contribution is 5.27. The highest BCUT2D eigenvalue weighted by Crippen LogP contribution is 2.13. The molecule has 0 aliphatic heterocycles. The van der Waals surface area contributed by atoms with Crippen molar-refractivity contribution in [1.82, 2.24) is 0 Å². The number of aliphatic hydroxyl groups is 3. The first kappa shape index (κ1) is 34.1. The molecular formula is C33H52O3. The molecule has 0 rings (SSSR count). The van der Waals surface area contributed by atoms with Crippen LogP contribution in [0.15, 0.2) is 0 Å². The molecule has 0 radical (unpaired) electrons. The summed E-state index contributed by atoms with van der Waals surface area (Å²) in [4.78, 5) is 0. The molecule has 202 valence electrons. The fourth-order valence-corrected chi connectivity index (χ4v) is 4.11. The average molecular weight is 497 g/mol. The Kier molecular flexibility index (Phi) is 27.8. The Morgan fingerprint density at radius 2 is 0.861 bits per heavy atom. The van der Waals surface area contributed by atoms with E-state index in [9.17, 15) is 10.2 Å². The van der Waals surface area contributed by atoms with Crippen LogP contribution < -0.4 is 0 Å². The maximum Gasteiger partial charge on any atom is 0.115 e. The van der Waals surface area contributed by atoms with E-state index in [4.69, 9.17) is 11.5 Å². The number of rotatable bonds is 22. The van der Waals surface area contributed by atoms with Crippen LogP contribution in [-0.4, -0.2) is 34.1 Å². The Balaban J connectivity index is 3.26. The summed E-state index contributed by atoms with van der Waals surface area (Å²) in [5, 5.41) is 27.5. The lowest BCUT2D eigenvalue weighted by Crippen LogP contribution is -2.01. The Hall–Kier alpha value is -1.88. The minimum absolute atomic E-state index is 0.190. The van der Waals surface area contributed by atoms with Gasteiger partial charge in [-0.25, -0.2) is 0 Å². The first-order chi connectivity index (χ1) is 17.7. The number of terminal acetylenes is 1. The van der Waals surface area contributed by atoms with Crippen LogP contribution in [0.5, 0.6) is 0 Å². The van der Waals surface area contributed by atoms with E-state index < -0.39 is 12.2 Å². The summed E-state index contributed by atoms with van der Waals surface area (Å²) in [6, 6.07) is 0. The van der Waals surface area contributed by atoms with Crippen LogP contribution in [0, 0.1) is 47.9 Å². The number of aliphatic hydroxyl groups excluding tert-OH is 3. The molecule has 0 bridgehead atoms. The molecule has 0 aromatic carbocycles. The SMILES string of the molecule is C#CC(O)CCCCCCCCCCCCC#CCCCCCCCCCCC(O)C#CC#CCO. The van der Waals surface area contributed by atoms with Gasteiger partial charge < -0.3 is 15.3 Å². The molecule has 0 aliphatic carbocycles. The molecule has 0 aliphatic rings. The fraction of sp³-hybridized carbons (Fsp3) is 0.758. The molecule has 0 aromatic heterocycles. The Morgan fingerprint density at radius 3 is 1.28 bits per heavy atom. The second-order valence-corrected chi connectivity index (χ2v) is 9.72. The maximum atomic E-state index is 9.71. The second kappa shape index (κ2) is 29.4. The van der Waals surface area contributed by atoms with Gasteiger partial charge in [0, 0.05) is 12.8 Å². The summed E-state index contributed by atoms with van der Waals surface area (Å²) in [6.45, 7) is -0.190. The van der Waals surface area contributed by atoms with E-state index in [0.29, 0.717) is 6.42 Å². The van der Waals surface area contributed by atoms with Gasteiger partial charge in [0.1, 0.15) is 18.8 Å². The topological polar surface area (TPSA) is 60.7 Å². The van der Waals surface area contributed by atoms with E-state index >= 15 is 0 Å². The summed E-state index contributed by atoms with van der Waals surface area (Å²) in [5.41, 5.74) is 0. The van der Waals surface area contributed by atoms with Crippen LogP contribution in [0.3, 0.4) is 0 Å². The molecule has 2 unspecified atom stereocenters. The molecule has 0 aromatic rings. The first-order valence-electron chi connectivity index (χ1n) is 14.6. The fourth-order valence-electron chi connectivity index (χ4n) is 4.11. The summed E-state index contributed by atoms with van der Waals surface area (Å²) in [7, 11) is 0. The van der Waals surface area contributed by atoms with Crippen molar-refractivity contribution in [1.29, 1.82) is 0 Å². The molecule has 36 heavy (non-hydrogen) atoms. The number of unbranched alkanes of at least 4 members (excludes halogenated alkanes) is 18. The predicted octanol–water partition coefficient (Wildman–Crippen LogP) is 6.93.